The summed E-state index contributed by atoms with van der Waals surface area (Å²) in [6.45, 7) is 2.25. The first-order valence-corrected chi connectivity index (χ1v) is 10.0. The molecule has 0 bridgehead atoms. The number of para-hydroxylation sites is 2. The van der Waals surface area contributed by atoms with Crippen LogP contribution in [0.2, 0.25) is 0 Å². The highest BCUT2D eigenvalue weighted by atomic mass is 16.5. The molecule has 0 saturated carbocycles. The van der Waals surface area contributed by atoms with Gasteiger partial charge in [-0.15, -0.1) is 0 Å². The number of benzene rings is 3. The molecule has 3 aromatic rings. The lowest BCUT2D eigenvalue weighted by atomic mass is 9.95. The Morgan fingerprint density at radius 3 is 2.38 bits per heavy atom. The molecular formula is C25H21NO6. The first-order valence-electron chi connectivity index (χ1n) is 10.0. The second kappa shape index (κ2) is 8.47. The van der Waals surface area contributed by atoms with Gasteiger partial charge in [0.15, 0.2) is 0 Å². The Morgan fingerprint density at radius 1 is 0.969 bits per heavy atom. The molecule has 1 atom stereocenters. The van der Waals surface area contributed by atoms with Crippen molar-refractivity contribution in [2.75, 3.05) is 11.5 Å². The van der Waals surface area contributed by atoms with E-state index < -0.39 is 17.7 Å². The van der Waals surface area contributed by atoms with Gasteiger partial charge in [-0.1, -0.05) is 36.4 Å². The van der Waals surface area contributed by atoms with E-state index in [-0.39, 0.29) is 28.5 Å². The summed E-state index contributed by atoms with van der Waals surface area (Å²) < 4.78 is 5.48. The molecule has 1 amide bonds. The van der Waals surface area contributed by atoms with Crippen LogP contribution in [-0.4, -0.2) is 33.6 Å². The summed E-state index contributed by atoms with van der Waals surface area (Å²) in [5, 5.41) is 31.2. The first-order chi connectivity index (χ1) is 15.4. The van der Waals surface area contributed by atoms with E-state index in [9.17, 15) is 24.9 Å². The van der Waals surface area contributed by atoms with E-state index in [0.717, 1.165) is 4.90 Å². The normalized spacial score (nSPS) is 17.5. The molecule has 3 aromatic carbocycles. The van der Waals surface area contributed by atoms with Gasteiger partial charge in [0.05, 0.1) is 23.9 Å². The van der Waals surface area contributed by atoms with Crippen LogP contribution in [0.4, 0.5) is 5.69 Å². The van der Waals surface area contributed by atoms with Crippen LogP contribution in [0.25, 0.3) is 5.76 Å². The molecule has 7 heteroatoms. The van der Waals surface area contributed by atoms with Crippen LogP contribution < -0.4 is 9.64 Å². The zero-order chi connectivity index (χ0) is 22.8. The lowest BCUT2D eigenvalue weighted by Gasteiger charge is -2.26. The fourth-order valence-corrected chi connectivity index (χ4v) is 3.78. The van der Waals surface area contributed by atoms with Gasteiger partial charge in [0.25, 0.3) is 11.7 Å². The topological polar surface area (TPSA) is 107 Å². The Balaban J connectivity index is 1.94. The fourth-order valence-electron chi connectivity index (χ4n) is 3.78. The first kappa shape index (κ1) is 21.0. The summed E-state index contributed by atoms with van der Waals surface area (Å²) in [6, 6.07) is 17.7. The second-order valence-corrected chi connectivity index (χ2v) is 7.21. The zero-order valence-electron chi connectivity index (χ0n) is 17.2. The van der Waals surface area contributed by atoms with Gasteiger partial charge in [-0.05, 0) is 48.9 Å². The molecule has 4 rings (SSSR count). The number of hydrogen-bond acceptors (Lipinski definition) is 6. The number of aromatic hydroxyl groups is 2. The number of phenols is 2. The molecule has 1 saturated heterocycles. The number of nitrogens with zero attached hydrogens (tertiary/aromatic N) is 1. The van der Waals surface area contributed by atoms with Crippen molar-refractivity contribution in [2.24, 2.45) is 0 Å². The molecular weight excluding hydrogens is 410 g/mol. The summed E-state index contributed by atoms with van der Waals surface area (Å²) in [5.41, 5.74) is 0.801. The fraction of sp³-hybridized carbons (Fsp3) is 0.120. The Labute approximate surface area is 184 Å². The number of carbonyl (C=O) groups excluding carboxylic acids is 2. The lowest BCUT2D eigenvalue weighted by Crippen LogP contribution is -2.29. The zero-order valence-corrected chi connectivity index (χ0v) is 17.2. The molecule has 32 heavy (non-hydrogen) atoms. The number of ketones is 1. The molecule has 0 aliphatic carbocycles. The minimum Gasteiger partial charge on any atom is -0.508 e. The third-order valence-electron chi connectivity index (χ3n) is 5.21. The monoisotopic (exact) mass is 431 g/mol. The lowest BCUT2D eigenvalue weighted by molar-refractivity contribution is -0.132. The quantitative estimate of drug-likeness (QED) is 0.319. The van der Waals surface area contributed by atoms with Gasteiger partial charge in [0.2, 0.25) is 0 Å². The summed E-state index contributed by atoms with van der Waals surface area (Å²) >= 11 is 0. The molecule has 1 aliphatic heterocycles. The minimum atomic E-state index is -1.01. The summed E-state index contributed by atoms with van der Waals surface area (Å²) in [5.74, 6) is -1.79. The van der Waals surface area contributed by atoms with Crippen molar-refractivity contribution < 1.29 is 29.6 Å². The van der Waals surface area contributed by atoms with Crippen molar-refractivity contribution in [3.8, 4) is 17.2 Å². The molecule has 0 radical (unpaired) electrons. The van der Waals surface area contributed by atoms with E-state index >= 15 is 0 Å². The number of amides is 1. The predicted octanol–water partition coefficient (Wildman–Crippen LogP) is 4.12. The van der Waals surface area contributed by atoms with Crippen LogP contribution in [0.3, 0.4) is 0 Å². The Morgan fingerprint density at radius 2 is 1.69 bits per heavy atom. The maximum absolute atomic E-state index is 13.1. The summed E-state index contributed by atoms with van der Waals surface area (Å²) in [4.78, 5) is 27.3. The molecule has 3 N–H and O–H groups in total. The van der Waals surface area contributed by atoms with E-state index in [0.29, 0.717) is 23.5 Å². The number of Topliss-reactive ketones (excluding diaryl/α,β-unsaturated/α-hetero) is 1. The van der Waals surface area contributed by atoms with Crippen LogP contribution in [-0.2, 0) is 9.59 Å². The molecule has 1 heterocycles. The van der Waals surface area contributed by atoms with Crippen molar-refractivity contribution in [1.82, 2.24) is 0 Å². The van der Waals surface area contributed by atoms with Crippen molar-refractivity contribution in [3.05, 3.63) is 89.5 Å². The van der Waals surface area contributed by atoms with Gasteiger partial charge in [-0.2, -0.15) is 0 Å². The van der Waals surface area contributed by atoms with Gasteiger partial charge in [0.1, 0.15) is 23.0 Å². The predicted molar refractivity (Wildman–Crippen MR) is 119 cm³/mol. The molecule has 1 fully saturated rings. The second-order valence-electron chi connectivity index (χ2n) is 7.21. The number of anilines is 1. The van der Waals surface area contributed by atoms with E-state index in [1.165, 1.54) is 24.3 Å². The van der Waals surface area contributed by atoms with Crippen molar-refractivity contribution >= 4 is 23.1 Å². The standard InChI is InChI=1S/C25H21NO6/c1-2-32-18-7-5-6-16(14-18)23(29)21-22(15-10-12-17(27)13-11-15)26(25(31)24(21)30)19-8-3-4-9-20(19)28/h3-14,22,27-29H,2H2,1H3/b23-21+. The molecule has 162 valence electrons. The van der Waals surface area contributed by atoms with Crippen LogP contribution in [0.15, 0.2) is 78.4 Å². The maximum Gasteiger partial charge on any atom is 0.300 e. The molecule has 0 aromatic heterocycles. The SMILES string of the molecule is CCOc1cccc(/C(O)=C2\C(=O)C(=O)N(c3ccccc3O)C2c2ccc(O)cc2)c1. The number of hydrogen-bond donors (Lipinski definition) is 3. The number of aliphatic hydroxyl groups is 1. The van der Waals surface area contributed by atoms with Crippen molar-refractivity contribution in [2.45, 2.75) is 13.0 Å². The number of aliphatic hydroxyl groups excluding tert-OH is 1. The van der Waals surface area contributed by atoms with E-state index in [4.69, 9.17) is 4.74 Å². The van der Waals surface area contributed by atoms with Gasteiger partial charge in [-0.3, -0.25) is 14.5 Å². The smallest absolute Gasteiger partial charge is 0.300 e. The van der Waals surface area contributed by atoms with Gasteiger partial charge in [0, 0.05) is 5.56 Å². The highest BCUT2D eigenvalue weighted by Gasteiger charge is 2.47. The van der Waals surface area contributed by atoms with Crippen molar-refractivity contribution in [1.29, 1.82) is 0 Å². The summed E-state index contributed by atoms with van der Waals surface area (Å²) in [7, 11) is 0. The van der Waals surface area contributed by atoms with Gasteiger partial charge >= 0.3 is 0 Å². The Bertz CT molecular complexity index is 1220. The number of rotatable bonds is 5. The molecule has 1 aliphatic rings. The average Bonchev–Trinajstić information content (AvgIpc) is 3.05. The molecule has 7 nitrogen and oxygen atoms in total. The van der Waals surface area contributed by atoms with Crippen LogP contribution in [0, 0.1) is 0 Å². The van der Waals surface area contributed by atoms with Crippen LogP contribution >= 0.6 is 0 Å². The third kappa shape index (κ3) is 3.65. The van der Waals surface area contributed by atoms with Gasteiger partial charge in [-0.25, -0.2) is 0 Å². The number of phenolic OH excluding ortho intramolecular Hbond substituents is 2. The number of carbonyl (C=O) groups is 2. The third-order valence-corrected chi connectivity index (χ3v) is 5.21. The Hall–Kier alpha value is -4.26. The van der Waals surface area contributed by atoms with Crippen molar-refractivity contribution in [3.63, 3.8) is 0 Å². The average molecular weight is 431 g/mol. The highest BCUT2D eigenvalue weighted by molar-refractivity contribution is 6.51. The highest BCUT2D eigenvalue weighted by Crippen LogP contribution is 2.44. The number of ether oxygens (including phenoxy) is 1. The van der Waals surface area contributed by atoms with E-state index in [1.54, 1.807) is 48.5 Å². The maximum atomic E-state index is 13.1. The Kier molecular flexibility index (Phi) is 5.55. The summed E-state index contributed by atoms with van der Waals surface area (Å²) in [6.07, 6.45) is 0. The van der Waals surface area contributed by atoms with Gasteiger partial charge < -0.3 is 20.1 Å². The van der Waals surface area contributed by atoms with E-state index in [2.05, 4.69) is 0 Å². The largest absolute Gasteiger partial charge is 0.508 e. The molecule has 0 spiro atoms. The molecule has 1 unspecified atom stereocenters. The van der Waals surface area contributed by atoms with Crippen LogP contribution in [0.1, 0.15) is 24.1 Å². The van der Waals surface area contributed by atoms with Crippen LogP contribution in [0.5, 0.6) is 17.2 Å². The van der Waals surface area contributed by atoms with E-state index in [1.807, 2.05) is 6.92 Å². The minimum absolute atomic E-state index is 0.0117.